The fraction of sp³-hybridized carbons (Fsp3) is 0.667. The molecule has 0 aliphatic carbocycles. The Hall–Kier alpha value is -0.830. The van der Waals surface area contributed by atoms with Crippen molar-refractivity contribution in [2.45, 2.75) is 33.2 Å². The standard InChI is InChI=1S/C9H17NO2/c1-7(2)5-8(12)10-9(3,4)6-11/h5,11H,6H2,1-4H3,(H,10,12). The molecule has 0 spiro atoms. The van der Waals surface area contributed by atoms with E-state index < -0.39 is 5.54 Å². The number of rotatable bonds is 3. The first-order valence-electron chi connectivity index (χ1n) is 3.95. The summed E-state index contributed by atoms with van der Waals surface area (Å²) in [6.07, 6.45) is 1.51. The number of nitrogens with one attached hydrogen (secondary N) is 1. The molecule has 0 rings (SSSR count). The lowest BCUT2D eigenvalue weighted by atomic mass is 10.1. The van der Waals surface area contributed by atoms with Crippen LogP contribution in [-0.2, 0) is 4.79 Å². The van der Waals surface area contributed by atoms with Gasteiger partial charge in [0.25, 0.3) is 0 Å². The monoisotopic (exact) mass is 171 g/mol. The van der Waals surface area contributed by atoms with E-state index in [2.05, 4.69) is 5.32 Å². The van der Waals surface area contributed by atoms with Crippen molar-refractivity contribution >= 4 is 5.91 Å². The van der Waals surface area contributed by atoms with Crippen LogP contribution in [0.5, 0.6) is 0 Å². The van der Waals surface area contributed by atoms with Crippen molar-refractivity contribution in [2.24, 2.45) is 0 Å². The zero-order valence-electron chi connectivity index (χ0n) is 8.14. The average Bonchev–Trinajstić information content (AvgIpc) is 1.84. The van der Waals surface area contributed by atoms with Gasteiger partial charge in [0, 0.05) is 6.08 Å². The predicted molar refractivity (Wildman–Crippen MR) is 48.7 cm³/mol. The van der Waals surface area contributed by atoms with Crippen LogP contribution in [-0.4, -0.2) is 23.2 Å². The smallest absolute Gasteiger partial charge is 0.244 e. The van der Waals surface area contributed by atoms with Gasteiger partial charge in [0.2, 0.25) is 5.91 Å². The van der Waals surface area contributed by atoms with Gasteiger partial charge in [-0.25, -0.2) is 0 Å². The molecule has 0 radical (unpaired) electrons. The van der Waals surface area contributed by atoms with Crippen LogP contribution in [0.1, 0.15) is 27.7 Å². The Balaban J connectivity index is 4.10. The van der Waals surface area contributed by atoms with Crippen molar-refractivity contribution in [3.8, 4) is 0 Å². The molecule has 0 fully saturated rings. The third kappa shape index (κ3) is 4.91. The Bertz CT molecular complexity index is 191. The second-order valence-corrected chi connectivity index (χ2v) is 3.75. The van der Waals surface area contributed by atoms with Gasteiger partial charge in [0.05, 0.1) is 12.1 Å². The first-order valence-corrected chi connectivity index (χ1v) is 3.95. The van der Waals surface area contributed by atoms with Crippen LogP contribution < -0.4 is 5.32 Å². The topological polar surface area (TPSA) is 49.3 Å². The highest BCUT2D eigenvalue weighted by Gasteiger charge is 2.17. The number of aliphatic hydroxyl groups is 1. The Morgan fingerprint density at radius 1 is 1.50 bits per heavy atom. The van der Waals surface area contributed by atoms with E-state index in [1.54, 1.807) is 13.8 Å². The lowest BCUT2D eigenvalue weighted by molar-refractivity contribution is -0.118. The lowest BCUT2D eigenvalue weighted by Crippen LogP contribution is -2.45. The molecule has 0 heterocycles. The van der Waals surface area contributed by atoms with Crippen LogP contribution in [0.25, 0.3) is 0 Å². The van der Waals surface area contributed by atoms with E-state index in [-0.39, 0.29) is 12.5 Å². The molecule has 0 aromatic heterocycles. The fourth-order valence-electron chi connectivity index (χ4n) is 0.671. The minimum absolute atomic E-state index is 0.0602. The van der Waals surface area contributed by atoms with Gasteiger partial charge in [0.1, 0.15) is 0 Å². The highest BCUT2D eigenvalue weighted by molar-refractivity contribution is 5.88. The zero-order chi connectivity index (χ0) is 9.78. The molecular weight excluding hydrogens is 154 g/mol. The third-order valence-corrected chi connectivity index (χ3v) is 1.28. The first kappa shape index (κ1) is 11.2. The van der Waals surface area contributed by atoms with Gasteiger partial charge in [-0.2, -0.15) is 0 Å². The van der Waals surface area contributed by atoms with E-state index in [0.717, 1.165) is 5.57 Å². The Morgan fingerprint density at radius 3 is 2.33 bits per heavy atom. The molecule has 3 nitrogen and oxygen atoms in total. The molecule has 70 valence electrons. The Morgan fingerprint density at radius 2 is 2.00 bits per heavy atom. The van der Waals surface area contributed by atoms with Crippen molar-refractivity contribution < 1.29 is 9.90 Å². The van der Waals surface area contributed by atoms with Crippen molar-refractivity contribution in [1.29, 1.82) is 0 Å². The SMILES string of the molecule is CC(C)=CC(=O)NC(C)(C)CO. The number of carbonyl (C=O) groups is 1. The second-order valence-electron chi connectivity index (χ2n) is 3.75. The number of amides is 1. The molecule has 0 aliphatic rings. The molecule has 3 heteroatoms. The molecule has 0 saturated heterocycles. The van der Waals surface area contributed by atoms with Crippen LogP contribution >= 0.6 is 0 Å². The normalized spacial score (nSPS) is 10.8. The summed E-state index contributed by atoms with van der Waals surface area (Å²) in [5, 5.41) is 11.5. The van der Waals surface area contributed by atoms with Crippen molar-refractivity contribution in [2.75, 3.05) is 6.61 Å². The number of hydrogen-bond acceptors (Lipinski definition) is 2. The minimum atomic E-state index is -0.539. The zero-order valence-corrected chi connectivity index (χ0v) is 8.14. The molecule has 0 aromatic rings. The summed E-state index contributed by atoms with van der Waals surface area (Å²) in [5.41, 5.74) is 0.407. The summed E-state index contributed by atoms with van der Waals surface area (Å²) >= 11 is 0. The minimum Gasteiger partial charge on any atom is -0.394 e. The van der Waals surface area contributed by atoms with Gasteiger partial charge in [-0.1, -0.05) is 5.57 Å². The summed E-state index contributed by atoms with van der Waals surface area (Å²) in [6.45, 7) is 7.18. The molecule has 2 N–H and O–H groups in total. The summed E-state index contributed by atoms with van der Waals surface area (Å²) in [7, 11) is 0. The molecule has 0 unspecified atom stereocenters. The van der Waals surface area contributed by atoms with Crippen LogP contribution in [0.15, 0.2) is 11.6 Å². The summed E-state index contributed by atoms with van der Waals surface area (Å²) in [6, 6.07) is 0. The van der Waals surface area contributed by atoms with Crippen LogP contribution in [0, 0.1) is 0 Å². The molecule has 1 amide bonds. The largest absolute Gasteiger partial charge is 0.394 e. The van der Waals surface area contributed by atoms with E-state index >= 15 is 0 Å². The second kappa shape index (κ2) is 4.26. The average molecular weight is 171 g/mol. The lowest BCUT2D eigenvalue weighted by Gasteiger charge is -2.22. The quantitative estimate of drug-likeness (QED) is 0.618. The van der Waals surface area contributed by atoms with Crippen LogP contribution in [0.3, 0.4) is 0 Å². The maximum atomic E-state index is 11.1. The van der Waals surface area contributed by atoms with E-state index in [1.165, 1.54) is 6.08 Å². The van der Waals surface area contributed by atoms with Crippen molar-refractivity contribution in [1.82, 2.24) is 5.32 Å². The summed E-state index contributed by atoms with van der Waals surface area (Å²) in [4.78, 5) is 11.1. The van der Waals surface area contributed by atoms with E-state index in [4.69, 9.17) is 5.11 Å². The van der Waals surface area contributed by atoms with E-state index in [1.807, 2.05) is 13.8 Å². The van der Waals surface area contributed by atoms with Crippen molar-refractivity contribution in [3.63, 3.8) is 0 Å². The number of aliphatic hydroxyl groups excluding tert-OH is 1. The van der Waals surface area contributed by atoms with E-state index in [0.29, 0.717) is 0 Å². The highest BCUT2D eigenvalue weighted by atomic mass is 16.3. The van der Waals surface area contributed by atoms with Crippen LogP contribution in [0.2, 0.25) is 0 Å². The summed E-state index contributed by atoms with van der Waals surface area (Å²) < 4.78 is 0. The van der Waals surface area contributed by atoms with Gasteiger partial charge in [-0.3, -0.25) is 4.79 Å². The maximum absolute atomic E-state index is 11.1. The summed E-state index contributed by atoms with van der Waals surface area (Å²) in [5.74, 6) is -0.158. The molecule has 0 atom stereocenters. The molecule has 0 saturated carbocycles. The van der Waals surface area contributed by atoms with Gasteiger partial charge in [-0.05, 0) is 27.7 Å². The molecule has 0 aliphatic heterocycles. The number of hydrogen-bond donors (Lipinski definition) is 2. The highest BCUT2D eigenvalue weighted by Crippen LogP contribution is 2.00. The molecule has 0 bridgehead atoms. The van der Waals surface area contributed by atoms with Gasteiger partial charge < -0.3 is 10.4 Å². The van der Waals surface area contributed by atoms with Gasteiger partial charge in [-0.15, -0.1) is 0 Å². The Kier molecular flexibility index (Phi) is 3.96. The predicted octanol–water partition coefficient (Wildman–Crippen LogP) is 0.840. The number of allylic oxidation sites excluding steroid dienone is 1. The van der Waals surface area contributed by atoms with E-state index in [9.17, 15) is 4.79 Å². The van der Waals surface area contributed by atoms with Gasteiger partial charge >= 0.3 is 0 Å². The molecule has 12 heavy (non-hydrogen) atoms. The number of carbonyl (C=O) groups excluding carboxylic acids is 1. The maximum Gasteiger partial charge on any atom is 0.244 e. The fourth-order valence-corrected chi connectivity index (χ4v) is 0.671. The Labute approximate surface area is 73.5 Å². The van der Waals surface area contributed by atoms with Crippen LogP contribution in [0.4, 0.5) is 0 Å². The first-order chi connectivity index (χ1) is 5.37. The molecular formula is C9H17NO2. The third-order valence-electron chi connectivity index (χ3n) is 1.28. The van der Waals surface area contributed by atoms with Gasteiger partial charge in [0.15, 0.2) is 0 Å². The molecule has 0 aromatic carbocycles. The van der Waals surface area contributed by atoms with Crippen molar-refractivity contribution in [3.05, 3.63) is 11.6 Å².